The maximum Gasteiger partial charge on any atom is 0.315 e. The van der Waals surface area contributed by atoms with Crippen molar-refractivity contribution in [3.8, 4) is 17.6 Å². The fourth-order valence-electron chi connectivity index (χ4n) is 1.11. The number of benzene rings is 1. The summed E-state index contributed by atoms with van der Waals surface area (Å²) in [5.41, 5.74) is -0.0423. The van der Waals surface area contributed by atoms with Crippen molar-refractivity contribution in [3.63, 3.8) is 0 Å². The lowest BCUT2D eigenvalue weighted by molar-refractivity contribution is -0.385. The van der Waals surface area contributed by atoms with Crippen LogP contribution in [0, 0.1) is 22.0 Å². The van der Waals surface area contributed by atoms with Crippen LogP contribution in [0.25, 0.3) is 0 Å². The highest BCUT2D eigenvalue weighted by Crippen LogP contribution is 2.23. The van der Waals surface area contributed by atoms with E-state index in [0.717, 1.165) is 0 Å². The number of nitrogens with zero attached hydrogens (tertiary/aromatic N) is 1. The van der Waals surface area contributed by atoms with Crippen molar-refractivity contribution >= 4 is 11.7 Å². The van der Waals surface area contributed by atoms with Crippen LogP contribution in [0.1, 0.15) is 12.0 Å². The van der Waals surface area contributed by atoms with Crippen molar-refractivity contribution in [2.45, 2.75) is 6.42 Å². The lowest BCUT2D eigenvalue weighted by atomic mass is 10.1. The highest BCUT2D eigenvalue weighted by Gasteiger charge is 2.13. The van der Waals surface area contributed by atoms with E-state index in [1.165, 1.54) is 25.3 Å². The average molecular weight is 235 g/mol. The molecule has 88 valence electrons. The Labute approximate surface area is 97.0 Å². The maximum atomic E-state index is 10.8. The minimum absolute atomic E-state index is 0.164. The van der Waals surface area contributed by atoms with Crippen LogP contribution in [-0.4, -0.2) is 23.1 Å². The molecule has 1 N–H and O–H groups in total. The first-order chi connectivity index (χ1) is 8.04. The van der Waals surface area contributed by atoms with Gasteiger partial charge in [-0.25, -0.2) is 0 Å². The Morgan fingerprint density at radius 2 is 2.29 bits per heavy atom. The molecule has 6 heteroatoms. The lowest BCUT2D eigenvalue weighted by Gasteiger charge is -2.00. The predicted molar refractivity (Wildman–Crippen MR) is 58.8 cm³/mol. The summed E-state index contributed by atoms with van der Waals surface area (Å²) >= 11 is 0. The summed E-state index contributed by atoms with van der Waals surface area (Å²) in [7, 11) is 1.40. The minimum atomic E-state index is -1.08. The van der Waals surface area contributed by atoms with E-state index in [1.54, 1.807) is 0 Å². The highest BCUT2D eigenvalue weighted by atomic mass is 16.6. The highest BCUT2D eigenvalue weighted by molar-refractivity contribution is 5.70. The number of nitro benzene ring substituents is 1. The first-order valence-electron chi connectivity index (χ1n) is 4.57. The molecule has 0 saturated carbocycles. The molecule has 0 aliphatic rings. The van der Waals surface area contributed by atoms with Crippen LogP contribution >= 0.6 is 0 Å². The number of hydrogen-bond acceptors (Lipinski definition) is 4. The van der Waals surface area contributed by atoms with Gasteiger partial charge in [0, 0.05) is 0 Å². The number of hydrogen-bond donors (Lipinski definition) is 1. The first kappa shape index (κ1) is 12.5. The van der Waals surface area contributed by atoms with Crippen LogP contribution in [0.4, 0.5) is 5.69 Å². The molecule has 0 bridgehead atoms. The van der Waals surface area contributed by atoms with E-state index in [-0.39, 0.29) is 17.7 Å². The largest absolute Gasteiger partial charge is 0.497 e. The number of nitro groups is 1. The molecular weight excluding hydrogens is 226 g/mol. The van der Waals surface area contributed by atoms with E-state index in [9.17, 15) is 14.9 Å². The quantitative estimate of drug-likeness (QED) is 0.486. The normalized spacial score (nSPS) is 9.00. The van der Waals surface area contributed by atoms with Gasteiger partial charge in [-0.2, -0.15) is 0 Å². The molecule has 0 radical (unpaired) electrons. The summed E-state index contributed by atoms with van der Waals surface area (Å²) in [6.07, 6.45) is -0.358. The third-order valence-electron chi connectivity index (χ3n) is 1.86. The zero-order chi connectivity index (χ0) is 12.8. The molecule has 1 rings (SSSR count). The number of aliphatic carboxylic acids is 1. The van der Waals surface area contributed by atoms with Crippen molar-refractivity contribution in [2.24, 2.45) is 0 Å². The molecule has 1 aromatic carbocycles. The summed E-state index contributed by atoms with van der Waals surface area (Å²) in [6, 6.07) is 4.19. The molecule has 0 saturated heterocycles. The Bertz CT molecular complexity index is 512. The summed E-state index contributed by atoms with van der Waals surface area (Å²) < 4.78 is 4.86. The summed E-state index contributed by atoms with van der Waals surface area (Å²) in [5.74, 6) is 4.06. The fraction of sp³-hybridized carbons (Fsp3) is 0.182. The van der Waals surface area contributed by atoms with Gasteiger partial charge in [0.15, 0.2) is 0 Å². The smallest absolute Gasteiger partial charge is 0.315 e. The molecule has 1 aromatic rings. The first-order valence-corrected chi connectivity index (χ1v) is 4.57. The Morgan fingerprint density at radius 1 is 1.59 bits per heavy atom. The second-order valence-corrected chi connectivity index (χ2v) is 3.01. The van der Waals surface area contributed by atoms with Gasteiger partial charge in [0.25, 0.3) is 5.69 Å². The predicted octanol–water partition coefficient (Wildman–Crippen LogP) is 1.43. The number of ether oxygens (including phenoxy) is 1. The van der Waals surface area contributed by atoms with Crippen molar-refractivity contribution in [1.29, 1.82) is 0 Å². The van der Waals surface area contributed by atoms with Crippen molar-refractivity contribution in [3.05, 3.63) is 33.9 Å². The SMILES string of the molecule is COc1ccc(C#CCC(=O)O)c([N+](=O)[O-])c1. The number of carboxylic acid groups (broad SMARTS) is 1. The second-order valence-electron chi connectivity index (χ2n) is 3.01. The van der Waals surface area contributed by atoms with Crippen LogP contribution in [-0.2, 0) is 4.79 Å². The Morgan fingerprint density at radius 3 is 2.82 bits per heavy atom. The molecule has 0 aromatic heterocycles. The Kier molecular flexibility index (Phi) is 4.06. The van der Waals surface area contributed by atoms with Crippen LogP contribution in [0.3, 0.4) is 0 Å². The zero-order valence-electron chi connectivity index (χ0n) is 8.97. The van der Waals surface area contributed by atoms with E-state index >= 15 is 0 Å². The van der Waals surface area contributed by atoms with E-state index < -0.39 is 10.9 Å². The van der Waals surface area contributed by atoms with Gasteiger partial charge >= 0.3 is 5.97 Å². The molecular formula is C11H9NO5. The molecule has 0 heterocycles. The van der Waals surface area contributed by atoms with Gasteiger partial charge in [-0.05, 0) is 12.1 Å². The fourth-order valence-corrected chi connectivity index (χ4v) is 1.11. The number of rotatable bonds is 3. The summed E-state index contributed by atoms with van der Waals surface area (Å²) in [5, 5.41) is 19.1. The van der Waals surface area contributed by atoms with Gasteiger partial charge in [0.05, 0.1) is 18.1 Å². The van der Waals surface area contributed by atoms with Crippen LogP contribution in [0.15, 0.2) is 18.2 Å². The van der Waals surface area contributed by atoms with Crippen molar-refractivity contribution < 1.29 is 19.6 Å². The van der Waals surface area contributed by atoms with Crippen molar-refractivity contribution in [2.75, 3.05) is 7.11 Å². The Hall–Kier alpha value is -2.55. The van der Waals surface area contributed by atoms with E-state index in [0.29, 0.717) is 5.75 Å². The molecule has 6 nitrogen and oxygen atoms in total. The number of methoxy groups -OCH3 is 1. The summed E-state index contributed by atoms with van der Waals surface area (Å²) in [6.45, 7) is 0. The van der Waals surface area contributed by atoms with E-state index in [1.807, 2.05) is 0 Å². The molecule has 0 aliphatic carbocycles. The van der Waals surface area contributed by atoms with E-state index in [2.05, 4.69) is 11.8 Å². The van der Waals surface area contributed by atoms with Gasteiger partial charge in [-0.15, -0.1) is 0 Å². The standard InChI is InChI=1S/C11H9NO5/c1-17-9-6-5-8(3-2-4-11(13)14)10(7-9)12(15)16/h5-7H,4H2,1H3,(H,13,14). The third kappa shape index (κ3) is 3.50. The third-order valence-corrected chi connectivity index (χ3v) is 1.86. The van der Waals surface area contributed by atoms with Gasteiger partial charge in [-0.1, -0.05) is 11.8 Å². The Balaban J connectivity index is 3.09. The molecule has 0 aliphatic heterocycles. The summed E-state index contributed by atoms with van der Waals surface area (Å²) in [4.78, 5) is 20.4. The second kappa shape index (κ2) is 5.51. The molecule has 0 atom stereocenters. The lowest BCUT2D eigenvalue weighted by Crippen LogP contribution is -1.94. The maximum absolute atomic E-state index is 10.8. The topological polar surface area (TPSA) is 89.7 Å². The monoisotopic (exact) mass is 235 g/mol. The van der Waals surface area contributed by atoms with Gasteiger partial charge in [-0.3, -0.25) is 14.9 Å². The zero-order valence-corrected chi connectivity index (χ0v) is 8.97. The van der Waals surface area contributed by atoms with Crippen molar-refractivity contribution in [1.82, 2.24) is 0 Å². The molecule has 0 amide bonds. The van der Waals surface area contributed by atoms with Gasteiger partial charge < -0.3 is 9.84 Å². The van der Waals surface area contributed by atoms with Gasteiger partial charge in [0.1, 0.15) is 17.7 Å². The number of carbonyl (C=O) groups is 1. The van der Waals surface area contributed by atoms with Gasteiger partial charge in [0.2, 0.25) is 0 Å². The molecule has 17 heavy (non-hydrogen) atoms. The molecule has 0 spiro atoms. The number of carboxylic acids is 1. The van der Waals surface area contributed by atoms with E-state index in [4.69, 9.17) is 9.84 Å². The molecule has 0 unspecified atom stereocenters. The van der Waals surface area contributed by atoms with Crippen LogP contribution < -0.4 is 4.74 Å². The van der Waals surface area contributed by atoms with Crippen LogP contribution in [0.2, 0.25) is 0 Å². The van der Waals surface area contributed by atoms with Crippen LogP contribution in [0.5, 0.6) is 5.75 Å². The average Bonchev–Trinajstić information content (AvgIpc) is 2.28. The molecule has 0 fully saturated rings. The minimum Gasteiger partial charge on any atom is -0.497 e.